The molecule has 1 unspecified atom stereocenters. The van der Waals surface area contributed by atoms with Crippen molar-refractivity contribution < 1.29 is 19.6 Å². The van der Waals surface area contributed by atoms with Crippen LogP contribution in [-0.4, -0.2) is 32.9 Å². The Hall–Kier alpha value is -2.22. The molecule has 0 bridgehead atoms. The first-order valence-corrected chi connectivity index (χ1v) is 6.01. The fraction of sp³-hybridized carbons (Fsp3) is 0.364. The lowest BCUT2D eigenvalue weighted by Crippen LogP contribution is -2.33. The van der Waals surface area contributed by atoms with Crippen LogP contribution in [0.4, 0.5) is 5.69 Å². The standard InChI is InChI=1S/C11H12ClN3O5/c1-6(2-3-10(16)17)14-11(18)7-4-9(12)13-5-8(7)15(19)20/h4-6H,2-3H2,1H3,(H,14,18)(H,16,17). The van der Waals surface area contributed by atoms with Crippen LogP contribution >= 0.6 is 11.6 Å². The van der Waals surface area contributed by atoms with E-state index in [1.165, 1.54) is 0 Å². The number of amides is 1. The highest BCUT2D eigenvalue weighted by Crippen LogP contribution is 2.20. The molecule has 0 aliphatic carbocycles. The minimum Gasteiger partial charge on any atom is -0.481 e. The normalized spacial score (nSPS) is 11.7. The van der Waals surface area contributed by atoms with Crippen molar-refractivity contribution in [1.82, 2.24) is 10.3 Å². The van der Waals surface area contributed by atoms with E-state index in [9.17, 15) is 19.7 Å². The lowest BCUT2D eigenvalue weighted by atomic mass is 10.1. The van der Waals surface area contributed by atoms with Gasteiger partial charge in [0.1, 0.15) is 16.9 Å². The number of aliphatic carboxylic acids is 1. The third-order valence-corrected chi connectivity index (χ3v) is 2.67. The Morgan fingerprint density at radius 2 is 2.25 bits per heavy atom. The first-order valence-electron chi connectivity index (χ1n) is 5.64. The van der Waals surface area contributed by atoms with Crippen LogP contribution in [0.1, 0.15) is 30.1 Å². The van der Waals surface area contributed by atoms with Crippen molar-refractivity contribution in [2.24, 2.45) is 0 Å². The van der Waals surface area contributed by atoms with E-state index >= 15 is 0 Å². The topological polar surface area (TPSA) is 122 Å². The molecule has 0 spiro atoms. The summed E-state index contributed by atoms with van der Waals surface area (Å²) in [5, 5.41) is 21.8. The largest absolute Gasteiger partial charge is 0.481 e. The molecule has 1 heterocycles. The van der Waals surface area contributed by atoms with E-state index in [-0.39, 0.29) is 23.6 Å². The van der Waals surface area contributed by atoms with Gasteiger partial charge in [0.25, 0.3) is 11.6 Å². The van der Waals surface area contributed by atoms with Gasteiger partial charge in [-0.15, -0.1) is 0 Å². The average molecular weight is 302 g/mol. The van der Waals surface area contributed by atoms with Crippen molar-refractivity contribution >= 4 is 29.2 Å². The molecule has 0 saturated carbocycles. The molecule has 1 atom stereocenters. The molecule has 1 rings (SSSR count). The summed E-state index contributed by atoms with van der Waals surface area (Å²) in [6, 6.07) is 0.656. The fourth-order valence-corrected chi connectivity index (χ4v) is 1.62. The summed E-state index contributed by atoms with van der Waals surface area (Å²) in [7, 11) is 0. The number of pyridine rings is 1. The van der Waals surface area contributed by atoms with E-state index in [0.29, 0.717) is 0 Å². The molecule has 0 saturated heterocycles. The fourth-order valence-electron chi connectivity index (χ4n) is 1.46. The number of nitrogens with zero attached hydrogens (tertiary/aromatic N) is 2. The molecule has 1 aromatic heterocycles. The van der Waals surface area contributed by atoms with E-state index in [2.05, 4.69) is 10.3 Å². The van der Waals surface area contributed by atoms with Gasteiger partial charge in [0.15, 0.2) is 0 Å². The van der Waals surface area contributed by atoms with Gasteiger partial charge in [0.2, 0.25) is 0 Å². The van der Waals surface area contributed by atoms with Gasteiger partial charge in [-0.1, -0.05) is 11.6 Å². The predicted octanol–water partition coefficient (Wildman–Crippen LogP) is 1.63. The Labute approximate surface area is 118 Å². The predicted molar refractivity (Wildman–Crippen MR) is 69.7 cm³/mol. The SMILES string of the molecule is CC(CCC(=O)O)NC(=O)c1cc(Cl)ncc1[N+](=O)[O-]. The molecule has 0 aliphatic rings. The molecule has 9 heteroatoms. The number of carboxylic acids is 1. The Kier molecular flexibility index (Phi) is 5.39. The minimum absolute atomic E-state index is 0.0426. The maximum Gasteiger partial charge on any atom is 0.303 e. The van der Waals surface area contributed by atoms with E-state index < -0.39 is 28.5 Å². The van der Waals surface area contributed by atoms with Crippen molar-refractivity contribution in [1.29, 1.82) is 0 Å². The summed E-state index contributed by atoms with van der Waals surface area (Å²) in [6.07, 6.45) is 1.01. The first kappa shape index (κ1) is 15.8. The maximum atomic E-state index is 11.9. The monoisotopic (exact) mass is 301 g/mol. The lowest BCUT2D eigenvalue weighted by molar-refractivity contribution is -0.385. The molecule has 0 aromatic carbocycles. The van der Waals surface area contributed by atoms with Crippen LogP contribution in [0.5, 0.6) is 0 Å². The smallest absolute Gasteiger partial charge is 0.303 e. The van der Waals surface area contributed by atoms with Crippen LogP contribution in [0.2, 0.25) is 5.15 Å². The molecule has 0 aliphatic heterocycles. The summed E-state index contributed by atoms with van der Waals surface area (Å²) < 4.78 is 0. The summed E-state index contributed by atoms with van der Waals surface area (Å²) >= 11 is 5.61. The zero-order valence-corrected chi connectivity index (χ0v) is 11.3. The van der Waals surface area contributed by atoms with Gasteiger partial charge in [-0.3, -0.25) is 19.7 Å². The van der Waals surface area contributed by atoms with Gasteiger partial charge in [0, 0.05) is 12.5 Å². The van der Waals surface area contributed by atoms with Crippen LogP contribution in [-0.2, 0) is 4.79 Å². The van der Waals surface area contributed by atoms with Gasteiger partial charge in [-0.05, 0) is 19.4 Å². The number of aromatic nitrogens is 1. The minimum atomic E-state index is -0.982. The van der Waals surface area contributed by atoms with Crippen molar-refractivity contribution in [3.05, 3.63) is 33.1 Å². The first-order chi connectivity index (χ1) is 9.31. The van der Waals surface area contributed by atoms with Crippen LogP contribution in [0.25, 0.3) is 0 Å². The van der Waals surface area contributed by atoms with Gasteiger partial charge >= 0.3 is 5.97 Å². The second-order valence-electron chi connectivity index (χ2n) is 4.09. The molecular formula is C11H12ClN3O5. The van der Waals surface area contributed by atoms with Crippen molar-refractivity contribution in [3.8, 4) is 0 Å². The van der Waals surface area contributed by atoms with E-state index in [1.807, 2.05) is 0 Å². The maximum absolute atomic E-state index is 11.9. The third-order valence-electron chi connectivity index (χ3n) is 2.46. The molecular weight excluding hydrogens is 290 g/mol. The zero-order valence-electron chi connectivity index (χ0n) is 10.5. The second-order valence-corrected chi connectivity index (χ2v) is 4.48. The van der Waals surface area contributed by atoms with Gasteiger partial charge in [0.05, 0.1) is 4.92 Å². The third kappa shape index (κ3) is 4.47. The number of hydrogen-bond acceptors (Lipinski definition) is 5. The van der Waals surface area contributed by atoms with Gasteiger partial charge < -0.3 is 10.4 Å². The Bertz CT molecular complexity index is 549. The second kappa shape index (κ2) is 6.80. The quantitative estimate of drug-likeness (QED) is 0.467. The highest BCUT2D eigenvalue weighted by atomic mass is 35.5. The molecule has 2 N–H and O–H groups in total. The molecule has 108 valence electrons. The van der Waals surface area contributed by atoms with Crippen molar-refractivity contribution in [2.45, 2.75) is 25.8 Å². The number of rotatable bonds is 6. The van der Waals surface area contributed by atoms with E-state index in [0.717, 1.165) is 12.3 Å². The number of halogens is 1. The van der Waals surface area contributed by atoms with E-state index in [1.54, 1.807) is 6.92 Å². The number of carbonyl (C=O) groups excluding carboxylic acids is 1. The van der Waals surface area contributed by atoms with Gasteiger partial charge in [-0.2, -0.15) is 0 Å². The Morgan fingerprint density at radius 1 is 1.60 bits per heavy atom. The number of nitro groups is 1. The lowest BCUT2D eigenvalue weighted by Gasteiger charge is -2.12. The number of nitrogens with one attached hydrogen (secondary N) is 1. The molecule has 1 amide bonds. The summed E-state index contributed by atoms with van der Waals surface area (Å²) in [5.74, 6) is -1.68. The average Bonchev–Trinajstić information content (AvgIpc) is 2.35. The van der Waals surface area contributed by atoms with Crippen LogP contribution in [0, 0.1) is 10.1 Å². The summed E-state index contributed by atoms with van der Waals surface area (Å²) in [6.45, 7) is 1.61. The Morgan fingerprint density at radius 3 is 2.80 bits per heavy atom. The highest BCUT2D eigenvalue weighted by molar-refractivity contribution is 6.29. The van der Waals surface area contributed by atoms with Crippen molar-refractivity contribution in [3.63, 3.8) is 0 Å². The molecule has 0 fully saturated rings. The number of carbonyl (C=O) groups is 2. The highest BCUT2D eigenvalue weighted by Gasteiger charge is 2.22. The van der Waals surface area contributed by atoms with Crippen molar-refractivity contribution in [2.75, 3.05) is 0 Å². The zero-order chi connectivity index (χ0) is 15.3. The molecule has 20 heavy (non-hydrogen) atoms. The summed E-state index contributed by atoms with van der Waals surface area (Å²) in [4.78, 5) is 36.0. The number of hydrogen-bond donors (Lipinski definition) is 2. The molecule has 0 radical (unpaired) electrons. The van der Waals surface area contributed by atoms with E-state index in [4.69, 9.17) is 16.7 Å². The summed E-state index contributed by atoms with van der Waals surface area (Å²) in [5.41, 5.74) is -0.672. The molecule has 1 aromatic rings. The Balaban J connectivity index is 2.84. The van der Waals surface area contributed by atoms with Crippen LogP contribution in [0.15, 0.2) is 12.3 Å². The van der Waals surface area contributed by atoms with Crippen LogP contribution < -0.4 is 5.32 Å². The number of carboxylic acid groups (broad SMARTS) is 1. The molecule has 8 nitrogen and oxygen atoms in total. The van der Waals surface area contributed by atoms with Gasteiger partial charge in [-0.25, -0.2) is 4.98 Å². The van der Waals surface area contributed by atoms with Crippen LogP contribution in [0.3, 0.4) is 0 Å².